The second kappa shape index (κ2) is 7.80. The predicted octanol–water partition coefficient (Wildman–Crippen LogP) is 3.47. The summed E-state index contributed by atoms with van der Waals surface area (Å²) in [6, 6.07) is 7.57. The summed E-state index contributed by atoms with van der Waals surface area (Å²) in [4.78, 5) is 22.5. The molecule has 0 fully saturated rings. The molecule has 0 radical (unpaired) electrons. The largest absolute Gasteiger partial charge is 0.319 e. The normalized spacial score (nSPS) is 11.8. The van der Waals surface area contributed by atoms with Gasteiger partial charge in [0.15, 0.2) is 11.6 Å². The summed E-state index contributed by atoms with van der Waals surface area (Å²) in [5.41, 5.74) is 0.992. The number of halogens is 2. The van der Waals surface area contributed by atoms with Crippen LogP contribution < -0.4 is 10.6 Å². The number of aryl methyl sites for hydroxylation is 1. The Morgan fingerprint density at radius 3 is 2.60 bits per heavy atom. The molecule has 8 heteroatoms. The third-order valence-electron chi connectivity index (χ3n) is 3.72. The average Bonchev–Trinajstić information content (AvgIpc) is 2.56. The van der Waals surface area contributed by atoms with Crippen LogP contribution >= 0.6 is 0 Å². The number of hydrogen-bond acceptors (Lipinski definition) is 4. The van der Waals surface area contributed by atoms with Crippen LogP contribution in [-0.4, -0.2) is 17.4 Å². The van der Waals surface area contributed by atoms with Gasteiger partial charge in [0, 0.05) is 12.1 Å². The van der Waals surface area contributed by atoms with Gasteiger partial charge in [0.2, 0.25) is 5.91 Å². The van der Waals surface area contributed by atoms with Crippen LogP contribution in [0, 0.1) is 28.7 Å². The average molecular weight is 349 g/mol. The molecule has 0 aliphatic carbocycles. The zero-order valence-corrected chi connectivity index (χ0v) is 13.7. The first kappa shape index (κ1) is 18.5. The highest BCUT2D eigenvalue weighted by atomic mass is 19.2. The number of nitrogens with zero attached hydrogens (tertiary/aromatic N) is 1. The lowest BCUT2D eigenvalue weighted by atomic mass is 10.1. The number of nitro benzene ring substituents is 1. The molecule has 2 rings (SSSR count). The molecule has 0 bridgehead atoms. The molecule has 0 aliphatic rings. The molecule has 0 aliphatic heterocycles. The number of nitro groups is 1. The van der Waals surface area contributed by atoms with E-state index in [0.29, 0.717) is 11.1 Å². The summed E-state index contributed by atoms with van der Waals surface area (Å²) in [5.74, 6) is -2.39. The second-order valence-electron chi connectivity index (χ2n) is 5.55. The molecule has 0 spiro atoms. The number of hydrogen-bond donors (Lipinski definition) is 2. The molecule has 0 heterocycles. The molecule has 0 saturated carbocycles. The van der Waals surface area contributed by atoms with E-state index in [1.165, 1.54) is 18.2 Å². The monoisotopic (exact) mass is 349 g/mol. The predicted molar refractivity (Wildman–Crippen MR) is 89.2 cm³/mol. The maximum atomic E-state index is 13.2. The lowest BCUT2D eigenvalue weighted by molar-refractivity contribution is -0.384. The van der Waals surface area contributed by atoms with Crippen molar-refractivity contribution < 1.29 is 18.5 Å². The van der Waals surface area contributed by atoms with Gasteiger partial charge in [-0.1, -0.05) is 18.2 Å². The van der Waals surface area contributed by atoms with Crippen LogP contribution in [0.15, 0.2) is 36.4 Å². The van der Waals surface area contributed by atoms with Crippen LogP contribution in [0.3, 0.4) is 0 Å². The minimum Gasteiger partial charge on any atom is -0.319 e. The van der Waals surface area contributed by atoms with E-state index >= 15 is 0 Å². The van der Waals surface area contributed by atoms with Gasteiger partial charge in [0.25, 0.3) is 5.69 Å². The zero-order valence-electron chi connectivity index (χ0n) is 13.7. The second-order valence-corrected chi connectivity index (χ2v) is 5.55. The Morgan fingerprint density at radius 1 is 1.24 bits per heavy atom. The standard InChI is InChI=1S/C17H17F2N3O3/c1-10-4-3-5-15(22(24)25)17(10)21-16(23)9-20-11(2)12-6-7-13(18)14(19)8-12/h3-8,11,20H,9H2,1-2H3,(H,21,23)/t11-/m1/s1. The Balaban J connectivity index is 2.01. The van der Waals surface area contributed by atoms with Crippen LogP contribution in [-0.2, 0) is 4.79 Å². The van der Waals surface area contributed by atoms with Gasteiger partial charge < -0.3 is 10.6 Å². The molecule has 1 amide bonds. The van der Waals surface area contributed by atoms with Crippen molar-refractivity contribution in [2.24, 2.45) is 0 Å². The Morgan fingerprint density at radius 2 is 1.96 bits per heavy atom. The van der Waals surface area contributed by atoms with Crippen molar-refractivity contribution in [3.8, 4) is 0 Å². The van der Waals surface area contributed by atoms with Crippen molar-refractivity contribution in [3.05, 3.63) is 69.3 Å². The minimum atomic E-state index is -0.967. The fourth-order valence-corrected chi connectivity index (χ4v) is 2.30. The van der Waals surface area contributed by atoms with Crippen molar-refractivity contribution in [2.45, 2.75) is 19.9 Å². The van der Waals surface area contributed by atoms with Crippen LogP contribution in [0.4, 0.5) is 20.2 Å². The highest BCUT2D eigenvalue weighted by Crippen LogP contribution is 2.27. The first-order valence-corrected chi connectivity index (χ1v) is 7.51. The molecule has 1 atom stereocenters. The maximum Gasteiger partial charge on any atom is 0.293 e. The molecule has 0 saturated heterocycles. The van der Waals surface area contributed by atoms with Crippen LogP contribution in [0.5, 0.6) is 0 Å². The molecule has 2 aromatic rings. The van der Waals surface area contributed by atoms with E-state index < -0.39 is 28.5 Å². The number of carbonyl (C=O) groups excluding carboxylic acids is 1. The van der Waals surface area contributed by atoms with Gasteiger partial charge >= 0.3 is 0 Å². The highest BCUT2D eigenvalue weighted by Gasteiger charge is 2.18. The summed E-state index contributed by atoms with van der Waals surface area (Å²) >= 11 is 0. The van der Waals surface area contributed by atoms with Gasteiger partial charge in [-0.05, 0) is 37.1 Å². The summed E-state index contributed by atoms with van der Waals surface area (Å²) in [6.45, 7) is 3.20. The van der Waals surface area contributed by atoms with Gasteiger partial charge in [-0.2, -0.15) is 0 Å². The first-order valence-electron chi connectivity index (χ1n) is 7.51. The highest BCUT2D eigenvalue weighted by molar-refractivity contribution is 5.95. The Kier molecular flexibility index (Phi) is 5.76. The van der Waals surface area contributed by atoms with Crippen molar-refractivity contribution in [1.82, 2.24) is 5.32 Å². The van der Waals surface area contributed by atoms with Crippen molar-refractivity contribution in [1.29, 1.82) is 0 Å². The number of anilines is 1. The molecule has 132 valence electrons. The number of nitrogens with one attached hydrogen (secondary N) is 2. The molecule has 6 nitrogen and oxygen atoms in total. The fraction of sp³-hybridized carbons (Fsp3) is 0.235. The molecule has 0 aromatic heterocycles. The molecular formula is C17H17F2N3O3. The van der Waals surface area contributed by atoms with Gasteiger partial charge in [-0.15, -0.1) is 0 Å². The smallest absolute Gasteiger partial charge is 0.293 e. The fourth-order valence-electron chi connectivity index (χ4n) is 2.30. The summed E-state index contributed by atoms with van der Waals surface area (Å²) in [7, 11) is 0. The molecule has 2 aromatic carbocycles. The topological polar surface area (TPSA) is 84.3 Å². The van der Waals surface area contributed by atoms with Crippen molar-refractivity contribution in [2.75, 3.05) is 11.9 Å². The van der Waals surface area contributed by atoms with Crippen LogP contribution in [0.2, 0.25) is 0 Å². The molecular weight excluding hydrogens is 332 g/mol. The summed E-state index contributed by atoms with van der Waals surface area (Å²) in [6.07, 6.45) is 0. The molecule has 0 unspecified atom stereocenters. The maximum absolute atomic E-state index is 13.2. The number of amides is 1. The van der Waals surface area contributed by atoms with Crippen molar-refractivity contribution in [3.63, 3.8) is 0 Å². The quantitative estimate of drug-likeness (QED) is 0.618. The van der Waals surface area contributed by atoms with E-state index in [4.69, 9.17) is 0 Å². The number of benzene rings is 2. The SMILES string of the molecule is Cc1cccc([N+](=O)[O-])c1NC(=O)CN[C@H](C)c1ccc(F)c(F)c1. The minimum absolute atomic E-state index is 0.139. The molecule has 25 heavy (non-hydrogen) atoms. The van der Waals surface area contributed by atoms with Crippen LogP contribution in [0.1, 0.15) is 24.1 Å². The number of carbonyl (C=O) groups is 1. The van der Waals surface area contributed by atoms with Gasteiger partial charge in [-0.25, -0.2) is 8.78 Å². The van der Waals surface area contributed by atoms with E-state index in [2.05, 4.69) is 10.6 Å². The van der Waals surface area contributed by atoms with Gasteiger partial charge in [-0.3, -0.25) is 14.9 Å². The lowest BCUT2D eigenvalue weighted by Crippen LogP contribution is -2.30. The Bertz CT molecular complexity index is 812. The third-order valence-corrected chi connectivity index (χ3v) is 3.72. The van der Waals surface area contributed by atoms with E-state index in [-0.39, 0.29) is 17.9 Å². The van der Waals surface area contributed by atoms with Gasteiger partial charge in [0.05, 0.1) is 11.5 Å². The molecule has 2 N–H and O–H groups in total. The van der Waals surface area contributed by atoms with E-state index in [9.17, 15) is 23.7 Å². The van der Waals surface area contributed by atoms with Gasteiger partial charge in [0.1, 0.15) is 5.69 Å². The summed E-state index contributed by atoms with van der Waals surface area (Å²) in [5, 5.41) is 16.4. The van der Waals surface area contributed by atoms with E-state index in [1.54, 1.807) is 19.9 Å². The van der Waals surface area contributed by atoms with Crippen LogP contribution in [0.25, 0.3) is 0 Å². The Hall–Kier alpha value is -2.87. The lowest BCUT2D eigenvalue weighted by Gasteiger charge is -2.15. The Labute approximate surface area is 143 Å². The number of para-hydroxylation sites is 1. The third kappa shape index (κ3) is 4.57. The zero-order chi connectivity index (χ0) is 18.6. The first-order chi connectivity index (χ1) is 11.8. The van der Waals surface area contributed by atoms with E-state index in [1.807, 2.05) is 0 Å². The van der Waals surface area contributed by atoms with Crippen molar-refractivity contribution >= 4 is 17.3 Å². The number of rotatable bonds is 6. The van der Waals surface area contributed by atoms with E-state index in [0.717, 1.165) is 12.1 Å². The summed E-state index contributed by atoms with van der Waals surface area (Å²) < 4.78 is 26.2.